The minimum absolute atomic E-state index is 0.0419. The quantitative estimate of drug-likeness (QED) is 0.643. The largest absolute Gasteiger partial charge is 0.328 e. The molecule has 0 saturated carbocycles. The molecule has 0 bridgehead atoms. The molecule has 0 aliphatic rings. The summed E-state index contributed by atoms with van der Waals surface area (Å²) in [6.07, 6.45) is 0.738. The Morgan fingerprint density at radius 2 is 2.10 bits per heavy atom. The molecule has 0 fully saturated rings. The van der Waals surface area contributed by atoms with Gasteiger partial charge in [-0.2, -0.15) is 0 Å². The minimum Gasteiger partial charge on any atom is -0.328 e. The summed E-state index contributed by atoms with van der Waals surface area (Å²) in [6, 6.07) is 10.3. The number of fused-ring (bicyclic) bond motifs is 1. The summed E-state index contributed by atoms with van der Waals surface area (Å²) in [4.78, 5) is 5.90. The van der Waals surface area contributed by atoms with Crippen LogP contribution in [-0.2, 0) is 13.0 Å². The van der Waals surface area contributed by atoms with Crippen molar-refractivity contribution in [1.82, 2.24) is 9.55 Å². The van der Waals surface area contributed by atoms with Crippen LogP contribution in [0, 0.1) is 0 Å². The van der Waals surface area contributed by atoms with E-state index in [1.165, 1.54) is 5.52 Å². The van der Waals surface area contributed by atoms with Gasteiger partial charge in [0.25, 0.3) is 0 Å². The van der Waals surface area contributed by atoms with Crippen molar-refractivity contribution >= 4 is 54.2 Å². The summed E-state index contributed by atoms with van der Waals surface area (Å²) in [6.45, 7) is 3.04. The van der Waals surface area contributed by atoms with Gasteiger partial charge in [-0.1, -0.05) is 12.1 Å². The van der Waals surface area contributed by atoms with Gasteiger partial charge in [-0.15, -0.1) is 11.3 Å². The van der Waals surface area contributed by atoms with Crippen LogP contribution in [0.1, 0.15) is 23.7 Å². The fourth-order valence-electron chi connectivity index (χ4n) is 2.48. The number of aromatic nitrogens is 2. The monoisotopic (exact) mass is 427 g/mol. The number of rotatable bonds is 4. The zero-order valence-electron chi connectivity index (χ0n) is 11.5. The highest BCUT2D eigenvalue weighted by Gasteiger charge is 2.16. The lowest BCUT2D eigenvalue weighted by Crippen LogP contribution is -2.15. The molecular formula is C15H15Br2N3S. The topological polar surface area (TPSA) is 43.8 Å². The second-order valence-electron chi connectivity index (χ2n) is 4.84. The van der Waals surface area contributed by atoms with Crippen molar-refractivity contribution < 1.29 is 0 Å². The maximum absolute atomic E-state index is 6.37. The third-order valence-electron chi connectivity index (χ3n) is 3.48. The number of nitrogens with two attached hydrogens (primary N) is 1. The Bertz CT molecular complexity index is 759. The van der Waals surface area contributed by atoms with Crippen molar-refractivity contribution in [3.05, 3.63) is 49.3 Å². The highest BCUT2D eigenvalue weighted by molar-refractivity contribution is 9.13. The van der Waals surface area contributed by atoms with Gasteiger partial charge in [0, 0.05) is 28.4 Å². The fraction of sp³-hybridized carbons (Fsp3) is 0.267. The van der Waals surface area contributed by atoms with E-state index in [0.717, 1.165) is 37.4 Å². The molecule has 3 rings (SSSR count). The first kappa shape index (κ1) is 15.2. The van der Waals surface area contributed by atoms with Crippen molar-refractivity contribution in [2.75, 3.05) is 0 Å². The number of imidazole rings is 1. The lowest BCUT2D eigenvalue weighted by atomic mass is 10.2. The molecule has 0 amide bonds. The van der Waals surface area contributed by atoms with Crippen LogP contribution in [0.25, 0.3) is 11.0 Å². The third-order valence-corrected chi connectivity index (χ3v) is 6.87. The molecule has 0 aliphatic carbocycles. The molecule has 2 N–H and O–H groups in total. The maximum atomic E-state index is 6.37. The second kappa shape index (κ2) is 6.20. The Morgan fingerprint density at radius 3 is 2.76 bits per heavy atom. The molecule has 110 valence electrons. The van der Waals surface area contributed by atoms with Crippen LogP contribution in [0.15, 0.2) is 38.6 Å². The Kier molecular flexibility index (Phi) is 4.49. The van der Waals surface area contributed by atoms with Gasteiger partial charge in [-0.25, -0.2) is 4.98 Å². The van der Waals surface area contributed by atoms with Crippen LogP contribution in [0.5, 0.6) is 0 Å². The van der Waals surface area contributed by atoms with Gasteiger partial charge in [0.15, 0.2) is 0 Å². The first-order chi connectivity index (χ1) is 10.1. The van der Waals surface area contributed by atoms with Crippen LogP contribution < -0.4 is 5.73 Å². The maximum Gasteiger partial charge on any atom is 0.111 e. The number of benzene rings is 1. The van der Waals surface area contributed by atoms with Gasteiger partial charge in [-0.3, -0.25) is 0 Å². The molecule has 2 aromatic heterocycles. The summed E-state index contributed by atoms with van der Waals surface area (Å²) in [7, 11) is 0. The number of aryl methyl sites for hydroxylation is 1. The molecule has 6 heteroatoms. The summed E-state index contributed by atoms with van der Waals surface area (Å²) < 4.78 is 4.38. The molecule has 0 radical (unpaired) electrons. The second-order valence-corrected chi connectivity index (χ2v) is 8.10. The number of thiophene rings is 1. The Balaban J connectivity index is 1.93. The van der Waals surface area contributed by atoms with Crippen LogP contribution in [0.2, 0.25) is 0 Å². The van der Waals surface area contributed by atoms with Crippen LogP contribution in [0.4, 0.5) is 0 Å². The molecule has 0 spiro atoms. The molecule has 2 heterocycles. The van der Waals surface area contributed by atoms with E-state index in [9.17, 15) is 0 Å². The molecule has 3 nitrogen and oxygen atoms in total. The number of hydrogen-bond donors (Lipinski definition) is 1. The summed E-state index contributed by atoms with van der Waals surface area (Å²) in [5, 5.41) is 0. The molecular weight excluding hydrogens is 414 g/mol. The number of halogens is 2. The number of para-hydroxylation sites is 2. The smallest absolute Gasteiger partial charge is 0.111 e. The van der Waals surface area contributed by atoms with E-state index in [1.807, 2.05) is 12.1 Å². The standard InChI is InChI=1S/C15H15Br2N3S/c1-2-20-12-6-4-3-5-11(12)19-14(20)8-10(18)13-7-9(16)15(17)21-13/h3-7,10H,2,8,18H2,1H3. The Labute approximate surface area is 144 Å². The SMILES string of the molecule is CCn1c(CC(N)c2cc(Br)c(Br)s2)nc2ccccc21. The highest BCUT2D eigenvalue weighted by Crippen LogP contribution is 2.35. The minimum atomic E-state index is -0.0419. The first-order valence-corrected chi connectivity index (χ1v) is 9.14. The predicted molar refractivity (Wildman–Crippen MR) is 95.8 cm³/mol. The molecule has 0 aliphatic heterocycles. The average molecular weight is 429 g/mol. The van der Waals surface area contributed by atoms with E-state index < -0.39 is 0 Å². The number of nitrogens with zero attached hydrogens (tertiary/aromatic N) is 2. The van der Waals surface area contributed by atoms with Crippen molar-refractivity contribution in [2.45, 2.75) is 25.9 Å². The van der Waals surface area contributed by atoms with E-state index in [0.29, 0.717) is 0 Å². The van der Waals surface area contributed by atoms with Gasteiger partial charge < -0.3 is 10.3 Å². The van der Waals surface area contributed by atoms with Crippen molar-refractivity contribution in [2.24, 2.45) is 5.73 Å². The van der Waals surface area contributed by atoms with Gasteiger partial charge in [0.1, 0.15) is 5.82 Å². The van der Waals surface area contributed by atoms with Gasteiger partial charge in [-0.05, 0) is 57.0 Å². The molecule has 21 heavy (non-hydrogen) atoms. The molecule has 1 aromatic carbocycles. The van der Waals surface area contributed by atoms with E-state index >= 15 is 0 Å². The first-order valence-electron chi connectivity index (χ1n) is 6.74. The normalized spacial score (nSPS) is 13.0. The molecule has 1 unspecified atom stereocenters. The molecule has 3 aromatic rings. The Hall–Kier alpha value is -0.690. The zero-order chi connectivity index (χ0) is 15.0. The lowest BCUT2D eigenvalue weighted by molar-refractivity contribution is 0.644. The molecule has 0 saturated heterocycles. The van der Waals surface area contributed by atoms with Crippen molar-refractivity contribution in [1.29, 1.82) is 0 Å². The van der Waals surface area contributed by atoms with Crippen LogP contribution in [-0.4, -0.2) is 9.55 Å². The van der Waals surface area contributed by atoms with Crippen LogP contribution in [0.3, 0.4) is 0 Å². The zero-order valence-corrected chi connectivity index (χ0v) is 15.5. The lowest BCUT2D eigenvalue weighted by Gasteiger charge is -2.11. The van der Waals surface area contributed by atoms with Gasteiger partial charge in [0.2, 0.25) is 0 Å². The van der Waals surface area contributed by atoms with E-state index in [-0.39, 0.29) is 6.04 Å². The predicted octanol–water partition coefficient (Wildman–Crippen LogP) is 4.89. The van der Waals surface area contributed by atoms with Gasteiger partial charge >= 0.3 is 0 Å². The fourth-order valence-corrected chi connectivity index (χ4v) is 4.57. The summed E-state index contributed by atoms with van der Waals surface area (Å²) in [5.74, 6) is 1.05. The number of hydrogen-bond acceptors (Lipinski definition) is 3. The van der Waals surface area contributed by atoms with E-state index in [1.54, 1.807) is 11.3 Å². The van der Waals surface area contributed by atoms with Gasteiger partial charge in [0.05, 0.1) is 14.8 Å². The molecule has 1 atom stereocenters. The third kappa shape index (κ3) is 2.95. The van der Waals surface area contributed by atoms with E-state index in [2.05, 4.69) is 61.5 Å². The van der Waals surface area contributed by atoms with Crippen molar-refractivity contribution in [3.8, 4) is 0 Å². The Morgan fingerprint density at radius 1 is 1.33 bits per heavy atom. The average Bonchev–Trinajstić information content (AvgIpc) is 2.99. The van der Waals surface area contributed by atoms with E-state index in [4.69, 9.17) is 10.7 Å². The highest BCUT2D eigenvalue weighted by atomic mass is 79.9. The summed E-state index contributed by atoms with van der Waals surface area (Å²) >= 11 is 8.70. The van der Waals surface area contributed by atoms with Crippen molar-refractivity contribution in [3.63, 3.8) is 0 Å². The summed E-state index contributed by atoms with van der Waals surface area (Å²) in [5.41, 5.74) is 8.58. The van der Waals surface area contributed by atoms with Crippen LogP contribution >= 0.6 is 43.2 Å².